The van der Waals surface area contributed by atoms with E-state index >= 15 is 0 Å². The second-order valence-electron chi connectivity index (χ2n) is 5.32. The monoisotopic (exact) mass is 258 g/mol. The third-order valence-corrected chi connectivity index (χ3v) is 3.37. The van der Waals surface area contributed by atoms with E-state index in [0.717, 1.165) is 0 Å². The van der Waals surface area contributed by atoms with Crippen molar-refractivity contribution >= 4 is 5.91 Å². The Morgan fingerprint density at radius 3 is 2.78 bits per heavy atom. The molecule has 0 saturated carbocycles. The quantitative estimate of drug-likeness (QED) is 0.610. The van der Waals surface area contributed by atoms with Crippen LogP contribution in [0.5, 0.6) is 0 Å². The fourth-order valence-corrected chi connectivity index (χ4v) is 2.62. The molecule has 0 aliphatic carbocycles. The highest BCUT2D eigenvalue weighted by atomic mass is 16.6. The van der Waals surface area contributed by atoms with Gasteiger partial charge in [0.05, 0.1) is 24.7 Å². The molecule has 6 heteroatoms. The van der Waals surface area contributed by atoms with Crippen LogP contribution in [0.1, 0.15) is 26.7 Å². The summed E-state index contributed by atoms with van der Waals surface area (Å²) in [7, 11) is 0. The third kappa shape index (κ3) is 2.83. The van der Waals surface area contributed by atoms with Gasteiger partial charge in [0.1, 0.15) is 12.2 Å². The van der Waals surface area contributed by atoms with Crippen molar-refractivity contribution in [1.29, 1.82) is 0 Å². The van der Waals surface area contributed by atoms with Crippen molar-refractivity contribution in [1.82, 2.24) is 5.32 Å². The number of nitrogens with one attached hydrogen (secondary N) is 1. The fraction of sp³-hybridized carbons (Fsp3) is 0.917. The number of ether oxygens (including phenoxy) is 2. The van der Waals surface area contributed by atoms with Gasteiger partial charge in [-0.3, -0.25) is 4.79 Å². The molecule has 18 heavy (non-hydrogen) atoms. The van der Waals surface area contributed by atoms with Crippen LogP contribution >= 0.6 is 0 Å². The molecule has 6 nitrogen and oxygen atoms in total. The lowest BCUT2D eigenvalue weighted by atomic mass is 10.1. The van der Waals surface area contributed by atoms with Gasteiger partial charge in [-0.15, -0.1) is 0 Å². The zero-order chi connectivity index (χ0) is 13.3. The number of hydrogen-bond donors (Lipinski definition) is 3. The minimum atomic E-state index is -0.682. The molecule has 0 bridgehead atoms. The first-order chi connectivity index (χ1) is 8.51. The first kappa shape index (κ1) is 13.7. The molecule has 0 aromatic heterocycles. The van der Waals surface area contributed by atoms with Gasteiger partial charge < -0.3 is 25.6 Å². The molecule has 2 saturated heterocycles. The molecular weight excluding hydrogens is 236 g/mol. The number of rotatable bonds is 4. The summed E-state index contributed by atoms with van der Waals surface area (Å²) in [4.78, 5) is 11.6. The minimum Gasteiger partial charge on any atom is -0.388 e. The Labute approximate surface area is 107 Å². The van der Waals surface area contributed by atoms with Crippen LogP contribution in [0.2, 0.25) is 0 Å². The van der Waals surface area contributed by atoms with Gasteiger partial charge >= 0.3 is 0 Å². The second-order valence-corrected chi connectivity index (χ2v) is 5.32. The van der Waals surface area contributed by atoms with E-state index in [1.165, 1.54) is 0 Å². The number of aliphatic hydroxyl groups excluding tert-OH is 1. The molecule has 2 aliphatic heterocycles. The van der Waals surface area contributed by atoms with Gasteiger partial charge in [-0.25, -0.2) is 0 Å². The predicted octanol–water partition coefficient (Wildman–Crippen LogP) is -0.854. The number of fused-ring (bicyclic) bond motifs is 1. The summed E-state index contributed by atoms with van der Waals surface area (Å²) >= 11 is 0. The molecule has 0 radical (unpaired) electrons. The van der Waals surface area contributed by atoms with E-state index in [1.54, 1.807) is 0 Å². The zero-order valence-corrected chi connectivity index (χ0v) is 10.8. The molecule has 5 atom stereocenters. The van der Waals surface area contributed by atoms with E-state index in [-0.39, 0.29) is 42.9 Å². The van der Waals surface area contributed by atoms with E-state index in [9.17, 15) is 9.90 Å². The van der Waals surface area contributed by atoms with Gasteiger partial charge in [-0.2, -0.15) is 0 Å². The Hall–Kier alpha value is -0.690. The van der Waals surface area contributed by atoms with Crippen LogP contribution in [-0.2, 0) is 14.3 Å². The van der Waals surface area contributed by atoms with Gasteiger partial charge in [-0.05, 0) is 13.8 Å². The number of hydrogen-bond acceptors (Lipinski definition) is 5. The van der Waals surface area contributed by atoms with Gasteiger partial charge in [0.2, 0.25) is 5.91 Å². The van der Waals surface area contributed by atoms with Gasteiger partial charge in [0, 0.05) is 19.0 Å². The Balaban J connectivity index is 1.82. The van der Waals surface area contributed by atoms with Crippen LogP contribution in [0.3, 0.4) is 0 Å². The van der Waals surface area contributed by atoms with Crippen molar-refractivity contribution in [3.63, 3.8) is 0 Å². The van der Waals surface area contributed by atoms with Crippen LogP contribution in [0.15, 0.2) is 0 Å². The first-order valence-electron chi connectivity index (χ1n) is 6.49. The second kappa shape index (κ2) is 5.52. The summed E-state index contributed by atoms with van der Waals surface area (Å²) in [6.45, 7) is 4.12. The number of amides is 1. The van der Waals surface area contributed by atoms with Crippen molar-refractivity contribution in [2.45, 2.75) is 63.3 Å². The van der Waals surface area contributed by atoms with Crippen LogP contribution in [0.25, 0.3) is 0 Å². The number of nitrogens with two attached hydrogens (primary N) is 1. The molecule has 5 unspecified atom stereocenters. The van der Waals surface area contributed by atoms with E-state index < -0.39 is 6.10 Å². The molecule has 4 N–H and O–H groups in total. The summed E-state index contributed by atoms with van der Waals surface area (Å²) in [5.41, 5.74) is 5.49. The number of carbonyl (C=O) groups is 1. The summed E-state index contributed by atoms with van der Waals surface area (Å²) in [5, 5.41) is 12.8. The maximum atomic E-state index is 11.6. The largest absolute Gasteiger partial charge is 0.388 e. The molecule has 2 heterocycles. The third-order valence-electron chi connectivity index (χ3n) is 3.37. The molecule has 1 amide bonds. The van der Waals surface area contributed by atoms with E-state index in [4.69, 9.17) is 15.2 Å². The van der Waals surface area contributed by atoms with Gasteiger partial charge in [-0.1, -0.05) is 0 Å². The molecule has 2 rings (SSSR count). The molecule has 2 aliphatic rings. The zero-order valence-electron chi connectivity index (χ0n) is 10.8. The van der Waals surface area contributed by atoms with Crippen LogP contribution < -0.4 is 11.1 Å². The Bertz CT molecular complexity index is 310. The lowest BCUT2D eigenvalue weighted by Crippen LogP contribution is -2.37. The van der Waals surface area contributed by atoms with Crippen LogP contribution in [-0.4, -0.2) is 54.1 Å². The van der Waals surface area contributed by atoms with E-state index in [0.29, 0.717) is 12.8 Å². The normalized spacial score (nSPS) is 39.1. The standard InChI is InChI=1S/C12H22N2O4/c1-6(2)14-10(15)4-7-3-8-12(17-7)11(16)9(5-13)18-8/h6-9,11-12,16H,3-5,13H2,1-2H3,(H,14,15). The molecule has 0 aromatic rings. The number of aliphatic hydroxyl groups is 1. The molecular formula is C12H22N2O4. The van der Waals surface area contributed by atoms with Crippen molar-refractivity contribution in [2.24, 2.45) is 5.73 Å². The molecule has 2 fully saturated rings. The van der Waals surface area contributed by atoms with Gasteiger partial charge in [0.25, 0.3) is 0 Å². The van der Waals surface area contributed by atoms with Crippen LogP contribution in [0, 0.1) is 0 Å². The Kier molecular flexibility index (Phi) is 4.21. The topological polar surface area (TPSA) is 93.8 Å². The number of carbonyl (C=O) groups excluding carboxylic acids is 1. The minimum absolute atomic E-state index is 0.0279. The van der Waals surface area contributed by atoms with Crippen molar-refractivity contribution in [3.8, 4) is 0 Å². The van der Waals surface area contributed by atoms with E-state index in [1.807, 2.05) is 13.8 Å². The van der Waals surface area contributed by atoms with Crippen molar-refractivity contribution in [3.05, 3.63) is 0 Å². The predicted molar refractivity (Wildman–Crippen MR) is 64.9 cm³/mol. The average Bonchev–Trinajstić information content (AvgIpc) is 2.77. The van der Waals surface area contributed by atoms with Crippen molar-refractivity contribution < 1.29 is 19.4 Å². The SMILES string of the molecule is CC(C)NC(=O)CC1CC2OC(CN)C(O)C2O1. The Morgan fingerprint density at radius 2 is 2.22 bits per heavy atom. The smallest absolute Gasteiger partial charge is 0.222 e. The highest BCUT2D eigenvalue weighted by molar-refractivity contribution is 5.76. The fourth-order valence-electron chi connectivity index (χ4n) is 2.62. The lowest BCUT2D eigenvalue weighted by Gasteiger charge is -2.18. The average molecular weight is 258 g/mol. The molecule has 104 valence electrons. The van der Waals surface area contributed by atoms with Crippen LogP contribution in [0.4, 0.5) is 0 Å². The maximum Gasteiger partial charge on any atom is 0.222 e. The lowest BCUT2D eigenvalue weighted by molar-refractivity contribution is -0.125. The summed E-state index contributed by atoms with van der Waals surface area (Å²) in [5.74, 6) is -0.0279. The first-order valence-corrected chi connectivity index (χ1v) is 6.49. The molecule has 0 aromatic carbocycles. The maximum absolute atomic E-state index is 11.6. The highest BCUT2D eigenvalue weighted by Gasteiger charge is 2.50. The van der Waals surface area contributed by atoms with E-state index in [2.05, 4.69) is 5.32 Å². The summed E-state index contributed by atoms with van der Waals surface area (Å²) in [6.07, 6.45) is -0.713. The molecule has 0 spiro atoms. The highest BCUT2D eigenvalue weighted by Crippen LogP contribution is 2.35. The summed E-state index contributed by atoms with van der Waals surface area (Å²) in [6, 6.07) is 0.127. The summed E-state index contributed by atoms with van der Waals surface area (Å²) < 4.78 is 11.3. The van der Waals surface area contributed by atoms with Crippen molar-refractivity contribution in [2.75, 3.05) is 6.54 Å². The Morgan fingerprint density at radius 1 is 1.50 bits per heavy atom. The van der Waals surface area contributed by atoms with Gasteiger partial charge in [0.15, 0.2) is 0 Å².